The van der Waals surface area contributed by atoms with Crippen molar-refractivity contribution in [2.24, 2.45) is 5.73 Å². The second kappa shape index (κ2) is 5.42. The SMILES string of the molecule is CC(C)n1ncc2c1NC(=O)C[C@]21C(=O)N(CC(N)=O)c2ccccc21. The molecule has 26 heavy (non-hydrogen) atoms. The molecule has 2 aliphatic rings. The minimum Gasteiger partial charge on any atom is -0.368 e. The molecule has 3 heterocycles. The molecule has 3 N–H and O–H groups in total. The maximum absolute atomic E-state index is 13.5. The summed E-state index contributed by atoms with van der Waals surface area (Å²) in [4.78, 5) is 38.9. The molecule has 0 saturated carbocycles. The van der Waals surface area contributed by atoms with Crippen LogP contribution in [0, 0.1) is 0 Å². The van der Waals surface area contributed by atoms with Gasteiger partial charge in [-0.25, -0.2) is 4.68 Å². The van der Waals surface area contributed by atoms with E-state index in [0.717, 1.165) is 0 Å². The van der Waals surface area contributed by atoms with Crippen LogP contribution in [-0.4, -0.2) is 34.0 Å². The van der Waals surface area contributed by atoms with Gasteiger partial charge < -0.3 is 16.0 Å². The van der Waals surface area contributed by atoms with E-state index in [9.17, 15) is 14.4 Å². The quantitative estimate of drug-likeness (QED) is 0.855. The summed E-state index contributed by atoms with van der Waals surface area (Å²) in [6.07, 6.45) is 1.60. The fraction of sp³-hybridized carbons (Fsp3) is 0.333. The lowest BCUT2D eigenvalue weighted by atomic mass is 9.72. The zero-order valence-corrected chi connectivity index (χ0v) is 14.5. The molecule has 2 aliphatic heterocycles. The molecule has 8 nitrogen and oxygen atoms in total. The molecule has 4 rings (SSSR count). The van der Waals surface area contributed by atoms with Crippen molar-refractivity contribution in [3.8, 4) is 0 Å². The van der Waals surface area contributed by atoms with E-state index in [4.69, 9.17) is 5.73 Å². The van der Waals surface area contributed by atoms with Gasteiger partial charge in [-0.15, -0.1) is 0 Å². The number of rotatable bonds is 3. The molecule has 1 spiro atoms. The first kappa shape index (κ1) is 16.3. The summed E-state index contributed by atoms with van der Waals surface area (Å²) in [6, 6.07) is 7.22. The van der Waals surface area contributed by atoms with Crippen LogP contribution in [0.4, 0.5) is 11.5 Å². The van der Waals surface area contributed by atoms with Gasteiger partial charge in [-0.3, -0.25) is 14.4 Å². The van der Waals surface area contributed by atoms with E-state index in [1.165, 1.54) is 4.90 Å². The number of benzene rings is 1. The van der Waals surface area contributed by atoms with E-state index in [0.29, 0.717) is 22.6 Å². The maximum atomic E-state index is 13.5. The Hall–Kier alpha value is -3.16. The van der Waals surface area contributed by atoms with Crippen LogP contribution in [0.5, 0.6) is 0 Å². The normalized spacial score (nSPS) is 21.1. The van der Waals surface area contributed by atoms with Gasteiger partial charge in [0.1, 0.15) is 17.8 Å². The van der Waals surface area contributed by atoms with Crippen molar-refractivity contribution in [2.45, 2.75) is 31.7 Å². The number of nitrogens with two attached hydrogens (primary N) is 1. The smallest absolute Gasteiger partial charge is 0.243 e. The number of carbonyl (C=O) groups is 3. The largest absolute Gasteiger partial charge is 0.368 e. The van der Waals surface area contributed by atoms with Crippen LogP contribution in [0.25, 0.3) is 0 Å². The average molecular weight is 353 g/mol. The summed E-state index contributed by atoms with van der Waals surface area (Å²) < 4.78 is 1.70. The van der Waals surface area contributed by atoms with Gasteiger partial charge >= 0.3 is 0 Å². The molecule has 0 radical (unpaired) electrons. The molecule has 0 fully saturated rings. The van der Waals surface area contributed by atoms with Crippen LogP contribution in [-0.2, 0) is 19.8 Å². The average Bonchev–Trinajstić information content (AvgIpc) is 3.10. The van der Waals surface area contributed by atoms with Crippen molar-refractivity contribution in [3.63, 3.8) is 0 Å². The number of para-hydroxylation sites is 1. The van der Waals surface area contributed by atoms with E-state index in [2.05, 4.69) is 10.4 Å². The molecule has 3 amide bonds. The predicted molar refractivity (Wildman–Crippen MR) is 94.6 cm³/mol. The van der Waals surface area contributed by atoms with Gasteiger partial charge in [0, 0.05) is 23.7 Å². The Morgan fingerprint density at radius 3 is 2.73 bits per heavy atom. The number of aromatic nitrogens is 2. The van der Waals surface area contributed by atoms with Crippen molar-refractivity contribution in [1.82, 2.24) is 9.78 Å². The monoisotopic (exact) mass is 353 g/mol. The van der Waals surface area contributed by atoms with Gasteiger partial charge in [-0.1, -0.05) is 18.2 Å². The van der Waals surface area contributed by atoms with Crippen LogP contribution >= 0.6 is 0 Å². The van der Waals surface area contributed by atoms with E-state index in [-0.39, 0.29) is 30.8 Å². The van der Waals surface area contributed by atoms with Crippen molar-refractivity contribution >= 4 is 29.2 Å². The second-order valence-corrected chi connectivity index (χ2v) is 6.95. The third kappa shape index (κ3) is 2.01. The molecule has 2 aromatic rings. The molecule has 0 saturated heterocycles. The van der Waals surface area contributed by atoms with E-state index in [1.54, 1.807) is 23.0 Å². The summed E-state index contributed by atoms with van der Waals surface area (Å²) in [5.41, 5.74) is 6.12. The fourth-order valence-electron chi connectivity index (χ4n) is 3.97. The van der Waals surface area contributed by atoms with Crippen LogP contribution in [0.15, 0.2) is 30.5 Å². The van der Waals surface area contributed by atoms with Crippen molar-refractivity contribution in [1.29, 1.82) is 0 Å². The first-order valence-corrected chi connectivity index (χ1v) is 8.44. The van der Waals surface area contributed by atoms with Crippen LogP contribution < -0.4 is 16.0 Å². The van der Waals surface area contributed by atoms with Gasteiger partial charge in [-0.05, 0) is 25.5 Å². The molecule has 8 heteroatoms. The highest BCUT2D eigenvalue weighted by Crippen LogP contribution is 2.52. The Balaban J connectivity index is 1.98. The molecule has 1 atom stereocenters. The molecular weight excluding hydrogens is 334 g/mol. The number of hydrogen-bond acceptors (Lipinski definition) is 4. The van der Waals surface area contributed by atoms with Gasteiger partial charge in [-0.2, -0.15) is 5.10 Å². The minimum absolute atomic E-state index is 0.0164. The zero-order chi connectivity index (χ0) is 18.6. The van der Waals surface area contributed by atoms with Crippen molar-refractivity contribution in [2.75, 3.05) is 16.8 Å². The Bertz CT molecular complexity index is 948. The van der Waals surface area contributed by atoms with Crippen LogP contribution in [0.2, 0.25) is 0 Å². The Morgan fingerprint density at radius 2 is 2.04 bits per heavy atom. The molecular formula is C18H19N5O3. The van der Waals surface area contributed by atoms with Gasteiger partial charge in [0.25, 0.3) is 0 Å². The lowest BCUT2D eigenvalue weighted by molar-refractivity contribution is -0.127. The molecule has 1 aromatic heterocycles. The summed E-state index contributed by atoms with van der Waals surface area (Å²) in [6.45, 7) is 3.67. The summed E-state index contributed by atoms with van der Waals surface area (Å²) in [7, 11) is 0. The molecule has 0 aliphatic carbocycles. The van der Waals surface area contributed by atoms with Gasteiger partial charge in [0.05, 0.1) is 6.20 Å². The lowest BCUT2D eigenvalue weighted by Gasteiger charge is -2.32. The van der Waals surface area contributed by atoms with E-state index in [1.807, 2.05) is 26.0 Å². The Kier molecular flexibility index (Phi) is 3.40. The highest BCUT2D eigenvalue weighted by atomic mass is 16.2. The number of anilines is 2. The fourth-order valence-corrected chi connectivity index (χ4v) is 3.97. The molecule has 0 unspecified atom stereocenters. The number of fused-ring (bicyclic) bond motifs is 4. The molecule has 134 valence electrons. The predicted octanol–water partition coefficient (Wildman–Crippen LogP) is 0.924. The summed E-state index contributed by atoms with van der Waals surface area (Å²) >= 11 is 0. The number of nitrogens with zero attached hydrogens (tertiary/aromatic N) is 3. The standard InChI is InChI=1S/C18H19N5O3/c1-10(2)23-16-12(8-20-23)18(7-15(25)21-16)11-5-3-4-6-13(11)22(17(18)26)9-14(19)24/h3-6,8,10H,7,9H2,1-2H3,(H2,19,24)(H,21,25)/t18-/m1/s1. The highest BCUT2D eigenvalue weighted by Gasteiger charge is 2.57. The third-order valence-corrected chi connectivity index (χ3v) is 5.01. The number of hydrogen-bond donors (Lipinski definition) is 2. The van der Waals surface area contributed by atoms with Crippen LogP contribution in [0.3, 0.4) is 0 Å². The highest BCUT2D eigenvalue weighted by molar-refractivity contribution is 6.17. The van der Waals surface area contributed by atoms with Crippen LogP contribution in [0.1, 0.15) is 37.4 Å². The van der Waals surface area contributed by atoms with Gasteiger partial charge in [0.2, 0.25) is 17.7 Å². The Morgan fingerprint density at radius 1 is 1.31 bits per heavy atom. The Labute approximate surface area is 150 Å². The molecule has 0 bridgehead atoms. The van der Waals surface area contributed by atoms with E-state index >= 15 is 0 Å². The maximum Gasteiger partial charge on any atom is 0.243 e. The minimum atomic E-state index is -1.18. The number of carbonyl (C=O) groups excluding carboxylic acids is 3. The van der Waals surface area contributed by atoms with E-state index < -0.39 is 11.3 Å². The zero-order valence-electron chi connectivity index (χ0n) is 14.5. The first-order valence-electron chi connectivity index (χ1n) is 8.44. The summed E-state index contributed by atoms with van der Waals surface area (Å²) in [5, 5.41) is 7.23. The van der Waals surface area contributed by atoms with Gasteiger partial charge in [0.15, 0.2) is 0 Å². The topological polar surface area (TPSA) is 110 Å². The first-order chi connectivity index (χ1) is 12.4. The molecule has 1 aromatic carbocycles. The third-order valence-electron chi connectivity index (χ3n) is 5.01. The summed E-state index contributed by atoms with van der Waals surface area (Å²) in [5.74, 6) is -0.662. The number of nitrogens with one attached hydrogen (secondary N) is 1. The van der Waals surface area contributed by atoms with Crippen molar-refractivity contribution in [3.05, 3.63) is 41.6 Å². The van der Waals surface area contributed by atoms with Crippen molar-refractivity contribution < 1.29 is 14.4 Å². The number of primary amides is 1. The second-order valence-electron chi connectivity index (χ2n) is 6.95. The number of amides is 3. The lowest BCUT2D eigenvalue weighted by Crippen LogP contribution is -2.48.